The molecule has 8 rings (SSSR count). The third-order valence-electron chi connectivity index (χ3n) is 19.1. The number of urea groups is 1. The Kier molecular flexibility index (Phi) is 9.77. The summed E-state index contributed by atoms with van der Waals surface area (Å²) in [5.74, 6) is -0.397. The van der Waals surface area contributed by atoms with Gasteiger partial charge < -0.3 is 25.0 Å². The number of hydrogen-bond acceptors (Lipinski definition) is 6. The predicted octanol–water partition coefficient (Wildman–Crippen LogP) is 8.65. The van der Waals surface area contributed by atoms with E-state index in [-0.39, 0.29) is 69.3 Å². The van der Waals surface area contributed by atoms with Gasteiger partial charge in [-0.15, -0.1) is 0 Å². The lowest BCUT2D eigenvalue weighted by Gasteiger charge is -2.72. The zero-order chi connectivity index (χ0) is 40.4. The van der Waals surface area contributed by atoms with Gasteiger partial charge in [0.05, 0.1) is 17.4 Å². The van der Waals surface area contributed by atoms with Crippen LogP contribution < -0.4 is 5.32 Å². The maximum Gasteiger partial charge on any atom is 0.318 e. The summed E-state index contributed by atoms with van der Waals surface area (Å²) in [6, 6.07) is 0.288. The molecule has 2 saturated heterocycles. The Hall–Kier alpha value is -2.42. The molecule has 0 aromatic rings. The Morgan fingerprint density at radius 1 is 0.804 bits per heavy atom. The summed E-state index contributed by atoms with van der Waals surface area (Å²) < 4.78 is 6.44. The second-order valence-corrected chi connectivity index (χ2v) is 22.5. The highest BCUT2D eigenvalue weighted by Crippen LogP contribution is 2.76. The number of carbonyl (C=O) groups excluding carboxylic acids is 3. The summed E-state index contributed by atoms with van der Waals surface area (Å²) in [5.41, 5.74) is 1.04. The molecule has 11 atom stereocenters. The van der Waals surface area contributed by atoms with E-state index in [9.17, 15) is 24.3 Å². The first-order valence-electron chi connectivity index (χ1n) is 22.7. The molecule has 0 bridgehead atoms. The van der Waals surface area contributed by atoms with E-state index in [1.54, 1.807) is 0 Å². The largest absolute Gasteiger partial charge is 0.481 e. The van der Waals surface area contributed by atoms with Gasteiger partial charge in [0.2, 0.25) is 0 Å². The number of aliphatic carboxylic acids is 1. The maximum atomic E-state index is 14.4. The number of carboxylic acid groups (broad SMARTS) is 1. The number of carbonyl (C=O) groups is 4. The molecule has 0 aromatic carbocycles. The smallest absolute Gasteiger partial charge is 0.318 e. The highest BCUT2D eigenvalue weighted by Gasteiger charge is 2.70. The molecule has 2 N–H and O–H groups in total. The molecule has 6 aliphatic carbocycles. The van der Waals surface area contributed by atoms with Crippen LogP contribution in [0.25, 0.3) is 0 Å². The van der Waals surface area contributed by atoms with Gasteiger partial charge in [-0.05, 0) is 153 Å². The molecule has 9 nitrogen and oxygen atoms in total. The standard InChI is InChI=1S/C47H73N3O6/c1-28(2)37-33(51)26-47(48-41(55)50-24-12-13-29(50)27-49-22-10-11-23-49)21-20-45(8)30(38(37)47)14-15-35-44(7)18-17-36(43(5,6)34(44)16-19-46(35,45)9)56-40(54)32-25-31(39(52)53)42(32,3)4/h28-32,34-36H,10-27H2,1-9H3,(H,48,55)(H,52,53)/t29-,30+,31-,32+,34?,35?,36-,44-,45+,46+,47+/m0/s1. The number of ketones is 1. The number of hydrogen-bond donors (Lipinski definition) is 2. The van der Waals surface area contributed by atoms with Gasteiger partial charge >= 0.3 is 18.0 Å². The van der Waals surface area contributed by atoms with Crippen LogP contribution >= 0.6 is 0 Å². The number of nitrogens with zero attached hydrogens (tertiary/aromatic N) is 2. The molecule has 9 heteroatoms. The van der Waals surface area contributed by atoms with Crippen molar-refractivity contribution in [2.45, 2.75) is 170 Å². The van der Waals surface area contributed by atoms with Gasteiger partial charge in [0.15, 0.2) is 5.78 Å². The first kappa shape index (κ1) is 40.4. The van der Waals surface area contributed by atoms with Crippen molar-refractivity contribution in [3.8, 4) is 0 Å². The fourth-order valence-electron chi connectivity index (χ4n) is 15.7. The molecule has 8 aliphatic rings. The molecule has 2 aliphatic heterocycles. The molecule has 5 saturated carbocycles. The number of allylic oxidation sites excluding steroid dienone is 1. The van der Waals surface area contributed by atoms with Crippen LogP contribution in [0.3, 0.4) is 0 Å². The summed E-state index contributed by atoms with van der Waals surface area (Å²) in [4.78, 5) is 58.7. The van der Waals surface area contributed by atoms with Gasteiger partial charge in [-0.2, -0.15) is 0 Å². The Morgan fingerprint density at radius 3 is 2.18 bits per heavy atom. The third kappa shape index (κ3) is 5.74. The van der Waals surface area contributed by atoms with Crippen molar-refractivity contribution in [2.24, 2.45) is 62.6 Å². The van der Waals surface area contributed by atoms with Crippen molar-refractivity contribution in [1.29, 1.82) is 0 Å². The normalized spacial score (nSPS) is 44.1. The lowest BCUT2D eigenvalue weighted by atomic mass is 9.33. The predicted molar refractivity (Wildman–Crippen MR) is 217 cm³/mol. The number of esters is 1. The lowest BCUT2D eigenvalue weighted by molar-refractivity contribution is -0.235. The van der Waals surface area contributed by atoms with Crippen LogP contribution in [0.4, 0.5) is 4.79 Å². The van der Waals surface area contributed by atoms with Crippen molar-refractivity contribution in [3.63, 3.8) is 0 Å². The number of amides is 2. The van der Waals surface area contributed by atoms with E-state index in [4.69, 9.17) is 4.74 Å². The van der Waals surface area contributed by atoms with Crippen molar-refractivity contribution < 1.29 is 29.0 Å². The van der Waals surface area contributed by atoms with Gasteiger partial charge in [-0.1, -0.05) is 62.3 Å². The van der Waals surface area contributed by atoms with E-state index in [1.807, 2.05) is 13.8 Å². The number of fused-ring (bicyclic) bond motifs is 7. The maximum absolute atomic E-state index is 14.4. The van der Waals surface area contributed by atoms with E-state index in [1.165, 1.54) is 18.4 Å². The van der Waals surface area contributed by atoms with E-state index in [2.05, 4.69) is 63.6 Å². The topological polar surface area (TPSA) is 116 Å². The van der Waals surface area contributed by atoms with Crippen LogP contribution in [0, 0.1) is 62.6 Å². The second kappa shape index (κ2) is 13.6. The van der Waals surface area contributed by atoms with Crippen LogP contribution in [0.5, 0.6) is 0 Å². The van der Waals surface area contributed by atoms with Crippen molar-refractivity contribution in [2.75, 3.05) is 26.2 Å². The lowest BCUT2D eigenvalue weighted by Crippen LogP contribution is -2.68. The third-order valence-corrected chi connectivity index (χ3v) is 19.1. The van der Waals surface area contributed by atoms with Crippen LogP contribution in [0.2, 0.25) is 0 Å². The van der Waals surface area contributed by atoms with Crippen molar-refractivity contribution >= 4 is 23.8 Å². The number of ether oxygens (including phenoxy) is 1. The zero-order valence-corrected chi connectivity index (χ0v) is 36.2. The minimum Gasteiger partial charge on any atom is -0.481 e. The highest BCUT2D eigenvalue weighted by molar-refractivity contribution is 6.02. The van der Waals surface area contributed by atoms with Gasteiger partial charge in [0, 0.05) is 31.0 Å². The Labute approximate surface area is 336 Å². The Bertz CT molecular complexity index is 1680. The molecular formula is C47H73N3O6. The summed E-state index contributed by atoms with van der Waals surface area (Å²) in [7, 11) is 0. The molecule has 2 heterocycles. The second-order valence-electron chi connectivity index (χ2n) is 22.5. The van der Waals surface area contributed by atoms with E-state index in [0.717, 1.165) is 96.0 Å². The molecule has 0 spiro atoms. The molecule has 2 amide bonds. The van der Waals surface area contributed by atoms with Crippen LogP contribution in [0.1, 0.15) is 152 Å². The van der Waals surface area contributed by atoms with Crippen LogP contribution in [0.15, 0.2) is 11.1 Å². The first-order valence-corrected chi connectivity index (χ1v) is 22.7. The van der Waals surface area contributed by atoms with Gasteiger partial charge in [0.25, 0.3) is 0 Å². The summed E-state index contributed by atoms with van der Waals surface area (Å²) in [6.07, 6.45) is 13.2. The summed E-state index contributed by atoms with van der Waals surface area (Å²) in [5, 5.41) is 13.4. The van der Waals surface area contributed by atoms with Gasteiger partial charge in [0.1, 0.15) is 6.10 Å². The molecular weight excluding hydrogens is 703 g/mol. The minimum absolute atomic E-state index is 0.00586. The van der Waals surface area contributed by atoms with Crippen molar-refractivity contribution in [1.82, 2.24) is 15.1 Å². The highest BCUT2D eigenvalue weighted by atomic mass is 16.5. The summed E-state index contributed by atoms with van der Waals surface area (Å²) in [6.45, 7) is 24.5. The number of rotatable bonds is 7. The fourth-order valence-corrected chi connectivity index (χ4v) is 15.7. The number of carboxylic acids is 1. The average Bonchev–Trinajstić information content (AvgIpc) is 3.85. The van der Waals surface area contributed by atoms with E-state index in [0.29, 0.717) is 24.7 Å². The van der Waals surface area contributed by atoms with Gasteiger partial charge in [-0.25, -0.2) is 4.79 Å². The van der Waals surface area contributed by atoms with Gasteiger partial charge in [-0.3, -0.25) is 14.4 Å². The van der Waals surface area contributed by atoms with Crippen LogP contribution in [-0.4, -0.2) is 82.5 Å². The number of likely N-dealkylation sites (tertiary alicyclic amines) is 2. The van der Waals surface area contributed by atoms with Crippen molar-refractivity contribution in [3.05, 3.63) is 11.1 Å². The molecule has 312 valence electrons. The summed E-state index contributed by atoms with van der Waals surface area (Å²) >= 11 is 0. The molecule has 7 fully saturated rings. The first-order chi connectivity index (χ1) is 26.2. The monoisotopic (exact) mass is 776 g/mol. The van der Waals surface area contributed by atoms with Crippen LogP contribution in [-0.2, 0) is 19.1 Å². The SMILES string of the molecule is CC(C)C1=C2[C@H]3CCC4[C@@]5(C)CC[C@H](OC(=O)[C@H]6C[C@@H](C(=O)O)C6(C)C)C(C)(C)C5CC[C@@]4(C)[C@]3(C)CC[C@@]2(NC(=O)N2CCC[C@H]2CN2CCCC2)CC1=O. The molecule has 2 unspecified atom stereocenters. The van der Waals surface area contributed by atoms with E-state index < -0.39 is 22.8 Å². The fraction of sp³-hybridized carbons (Fsp3) is 0.872. The number of Topliss-reactive ketones (excluding diaryl/α,β-unsaturated/α-hetero) is 1. The molecule has 56 heavy (non-hydrogen) atoms. The van der Waals surface area contributed by atoms with E-state index >= 15 is 0 Å². The Balaban J connectivity index is 1.04. The average molecular weight is 776 g/mol. The Morgan fingerprint density at radius 2 is 1.52 bits per heavy atom. The zero-order valence-electron chi connectivity index (χ0n) is 36.2. The quantitative estimate of drug-likeness (QED) is 0.249. The molecule has 0 aromatic heterocycles. The molecule has 0 radical (unpaired) electrons. The minimum atomic E-state index is -0.824. The number of nitrogens with one attached hydrogen (secondary N) is 1.